The normalized spacial score (nSPS) is 51.9. The van der Waals surface area contributed by atoms with Crippen LogP contribution in [0, 0.1) is 0 Å². The van der Waals surface area contributed by atoms with Gasteiger partial charge >= 0.3 is 0 Å². The first-order chi connectivity index (χ1) is 65.9. The molecular formula is C76H128N2O61. The molecule has 12 heterocycles. The number of rotatable bonds is 36. The average molecular weight is 2050 g/mol. The summed E-state index contributed by atoms with van der Waals surface area (Å²) in [5.74, 6) is -1.83. The van der Waals surface area contributed by atoms with E-state index in [1.54, 1.807) is 0 Å². The van der Waals surface area contributed by atoms with Crippen molar-refractivity contribution in [3.05, 3.63) is 0 Å². The quantitative estimate of drug-likeness (QED) is 0.0277. The molecule has 1 unspecified atom stereocenters. The Balaban J connectivity index is 0.849. The molecule has 12 aliphatic rings. The maximum atomic E-state index is 13.1. The lowest BCUT2D eigenvalue weighted by atomic mass is 9.94. The van der Waals surface area contributed by atoms with Crippen LogP contribution in [0.25, 0.3) is 0 Å². The maximum Gasteiger partial charge on any atom is 0.217 e. The van der Waals surface area contributed by atoms with Crippen LogP contribution in [0.5, 0.6) is 0 Å². The molecule has 139 heavy (non-hydrogen) atoms. The minimum absolute atomic E-state index is 0.828. The van der Waals surface area contributed by atoms with E-state index in [4.69, 9.17) is 109 Å². The first-order valence-electron chi connectivity index (χ1n) is 44.2. The summed E-state index contributed by atoms with van der Waals surface area (Å²) in [5, 5.41) is 407. The lowest BCUT2D eigenvalue weighted by molar-refractivity contribution is -0.413. The second kappa shape index (κ2) is 49.8. The summed E-state index contributed by atoms with van der Waals surface area (Å²) in [7, 11) is 0. The lowest BCUT2D eigenvalue weighted by Gasteiger charge is -2.51. The Morgan fingerprint density at radius 2 is 0.388 bits per heavy atom. The van der Waals surface area contributed by atoms with Crippen molar-refractivity contribution in [2.45, 2.75) is 382 Å². The lowest BCUT2D eigenvalue weighted by Crippen LogP contribution is -2.70. The van der Waals surface area contributed by atoms with E-state index in [0.717, 1.165) is 13.8 Å². The van der Waals surface area contributed by atoms with Gasteiger partial charge in [-0.25, -0.2) is 0 Å². The molecule has 0 aromatic carbocycles. The van der Waals surface area contributed by atoms with Gasteiger partial charge in [0.25, 0.3) is 0 Å². The topological polar surface area (TPSA) is 999 Å². The van der Waals surface area contributed by atoms with E-state index in [2.05, 4.69) is 10.6 Å². The highest BCUT2D eigenvalue weighted by molar-refractivity contribution is 5.73. The third kappa shape index (κ3) is 24.5. The van der Waals surface area contributed by atoms with E-state index in [9.17, 15) is 193 Å². The van der Waals surface area contributed by atoms with Crippen LogP contribution in [-0.4, -0.2) is 643 Å². The molecule has 0 saturated carbocycles. The van der Waals surface area contributed by atoms with E-state index in [1.807, 2.05) is 0 Å². The van der Waals surface area contributed by atoms with Gasteiger partial charge in [-0.2, -0.15) is 0 Å². The van der Waals surface area contributed by atoms with Crippen molar-refractivity contribution in [3.63, 3.8) is 0 Å². The fraction of sp³-hybridized carbons (Fsp3) is 0.974. The Morgan fingerprint density at radius 3 is 0.719 bits per heavy atom. The molecule has 12 rings (SSSR count). The number of aliphatic hydroxyl groups excluding tert-OH is 36. The fourth-order valence-corrected chi connectivity index (χ4v) is 18.0. The van der Waals surface area contributed by atoms with Crippen molar-refractivity contribution < 1.29 is 302 Å². The molecule has 0 radical (unpaired) electrons. The summed E-state index contributed by atoms with van der Waals surface area (Å²) in [6, 6.07) is -3.71. The second-order valence-corrected chi connectivity index (χ2v) is 35.2. The predicted molar refractivity (Wildman–Crippen MR) is 418 cm³/mol. The van der Waals surface area contributed by atoms with Crippen molar-refractivity contribution in [1.29, 1.82) is 0 Å². The summed E-state index contributed by atoms with van der Waals surface area (Å²) in [6.07, 6.45) is -129. The Labute approximate surface area is 784 Å². The van der Waals surface area contributed by atoms with Crippen LogP contribution in [0.3, 0.4) is 0 Å². The molecule has 63 heteroatoms. The zero-order chi connectivity index (χ0) is 102. The second-order valence-electron chi connectivity index (χ2n) is 35.2. The number of nitrogens with one attached hydrogen (secondary N) is 2. The first-order valence-corrected chi connectivity index (χ1v) is 44.2. The molecule has 38 N–H and O–H groups in total. The number of carbonyl (C=O) groups excluding carboxylic acids is 2. The van der Waals surface area contributed by atoms with Gasteiger partial charge in [0.2, 0.25) is 11.8 Å². The van der Waals surface area contributed by atoms with E-state index >= 15 is 0 Å². The van der Waals surface area contributed by atoms with Crippen molar-refractivity contribution in [3.8, 4) is 0 Å². The molecule has 12 saturated heterocycles. The molecule has 0 aliphatic carbocycles. The van der Waals surface area contributed by atoms with Crippen LogP contribution in [0.15, 0.2) is 0 Å². The van der Waals surface area contributed by atoms with E-state index in [0.29, 0.717) is 0 Å². The SMILES string of the molecule is CC(=O)N[C@H]1[C@H](O[C@H]2[C@H](O)[C@@H](NC(C)=O)C(O)O[C@@H]2CO)O[C@H](CO)[C@@H](O[C@@H]2O[C@H](CO[C@H]3O[C@H](CO[C@H]4O[C@H](CO)[C@@H](O)[C@H](O)[C@@H]4O)[C@@H](O)[C@H](O[C@H]4O[C@H](CO)[C@@H](O)[C@H](O)[C@@H]4O)[C@@H]3O)[C@@H](O)[C@H](O[C@H]3O[C@H](CO)[C@@H](O)[C@H](O)[C@@H]3O[C@H]3O[C@H](CO)[C@@H](O)[C@H](O)[C@@H]3O[C@H]3O[C@H](CO)[C@@H](O)[C@H](O[C@H]4O[C@H](CO)[C@@H](O)[C@H](O[C@H]5O[C@H](CO)[C@@H](O)[C@H](O)[C@H]5O[C@H]5O[C@H](CO)[C@@H](O)[C@H](O)[C@H]5O)[C@H]4O)[C@@H]3O)[C@@H]2O)[C@@H]1O. The molecule has 60 atom stereocenters. The molecule has 808 valence electrons. The Kier molecular flexibility index (Phi) is 41.0. The summed E-state index contributed by atoms with van der Waals surface area (Å²) in [6.45, 7) is -12.1. The van der Waals surface area contributed by atoms with Gasteiger partial charge in [-0.15, -0.1) is 0 Å². The van der Waals surface area contributed by atoms with Gasteiger partial charge in [0, 0.05) is 13.8 Å². The smallest absolute Gasteiger partial charge is 0.217 e. The summed E-state index contributed by atoms with van der Waals surface area (Å²) in [5.41, 5.74) is 0. The van der Waals surface area contributed by atoms with Crippen molar-refractivity contribution in [2.75, 3.05) is 79.3 Å². The standard InChI is InChI=1S/C76H128N2O61/c1-15(89)77-29-41(101)56(25(11-87)119-65(29)116)131-66-30(78-16(2)90)42(102)57(26(12-88)128-66)132-73-55(115)61(40(100)28(130-73)14-118-68-52(112)60(133-69-50(110)44(104)32(92)18(4-80)121-69)39(99)27(129-68)13-117-67-49(109)43(103)31(91)17(3-79)120-67)136-75-64(48(108)36(96)21(7-83)126-75)139-76-63(47(107)35(95)22(8-84)127-76)138-72-53(113)58(37(97)23(9-85)124-72)134-71-54(114)59(38(98)24(10-86)123-71)135-74-62(46(106)34(94)20(6-82)125-74)137-70-51(111)45(105)33(93)19(5-81)122-70/h17-76,79-88,91-116H,3-14H2,1-2H3,(H,77,89)(H,78,90)/t17-,18-,19-,20-,21-,22-,23-,24-,25-,26-,27-,28-,29-,30-,31-,32-,33-,34-,35-,36-,37-,38-,39-,40-,41-,42-,43+,44+,45+,46+,47+,48+,49+,50+,51-,52+,53+,54-,55+,56-,57-,58+,59+,60+,61+,62-,63+,64+,65?,66+,67+,68+,69-,70-,71-,72-,73+,74-,75-,76-/m1/s1. The minimum Gasteiger partial charge on any atom is -0.394 e. The monoisotopic (exact) mass is 2040 g/mol. The first kappa shape index (κ1) is 114. The zero-order valence-corrected chi connectivity index (χ0v) is 73.4. The third-order valence-corrected chi connectivity index (χ3v) is 25.9. The molecular weight excluding hydrogens is 1920 g/mol. The molecule has 12 fully saturated rings. The summed E-state index contributed by atoms with van der Waals surface area (Å²) < 4.78 is 135. The van der Waals surface area contributed by atoms with E-state index in [-0.39, 0.29) is 0 Å². The molecule has 0 aromatic rings. The molecule has 12 aliphatic heterocycles. The van der Waals surface area contributed by atoms with Crippen molar-refractivity contribution in [2.24, 2.45) is 0 Å². The van der Waals surface area contributed by atoms with Gasteiger partial charge in [0.15, 0.2) is 75.5 Å². The molecule has 63 nitrogen and oxygen atoms in total. The number of carbonyl (C=O) groups is 2. The third-order valence-electron chi connectivity index (χ3n) is 25.9. The number of hydrogen-bond acceptors (Lipinski definition) is 61. The molecule has 2 amide bonds. The summed E-state index contributed by atoms with van der Waals surface area (Å²) in [4.78, 5) is 25.4. The Bertz CT molecular complexity index is 3730. The van der Waals surface area contributed by atoms with Gasteiger partial charge in [-0.3, -0.25) is 9.59 Å². The molecule has 0 aromatic heterocycles. The Hall–Kier alpha value is -3.42. The molecule has 0 bridgehead atoms. The number of aliphatic hydroxyl groups is 36. The maximum absolute atomic E-state index is 13.1. The van der Waals surface area contributed by atoms with Gasteiger partial charge in [0.1, 0.15) is 293 Å². The number of amides is 2. The van der Waals surface area contributed by atoms with Crippen LogP contribution in [0.4, 0.5) is 0 Å². The van der Waals surface area contributed by atoms with Crippen LogP contribution < -0.4 is 10.6 Å². The zero-order valence-electron chi connectivity index (χ0n) is 73.4. The Morgan fingerprint density at radius 1 is 0.187 bits per heavy atom. The van der Waals surface area contributed by atoms with Crippen molar-refractivity contribution in [1.82, 2.24) is 10.6 Å². The number of ether oxygens (including phenoxy) is 23. The van der Waals surface area contributed by atoms with Gasteiger partial charge in [-0.05, 0) is 0 Å². The van der Waals surface area contributed by atoms with Crippen LogP contribution in [-0.2, 0) is 119 Å². The average Bonchev–Trinajstić information content (AvgIpc) is 0.761. The highest BCUT2D eigenvalue weighted by Gasteiger charge is 2.64. The summed E-state index contributed by atoms with van der Waals surface area (Å²) >= 11 is 0. The number of hydrogen-bond donors (Lipinski definition) is 38. The van der Waals surface area contributed by atoms with Gasteiger partial charge in [0.05, 0.1) is 79.3 Å². The van der Waals surface area contributed by atoms with Crippen molar-refractivity contribution >= 4 is 11.8 Å². The molecule has 0 spiro atoms. The fourth-order valence-electron chi connectivity index (χ4n) is 18.0. The van der Waals surface area contributed by atoms with Crippen LogP contribution in [0.2, 0.25) is 0 Å². The highest BCUT2D eigenvalue weighted by Crippen LogP contribution is 2.43. The van der Waals surface area contributed by atoms with Crippen LogP contribution >= 0.6 is 0 Å². The predicted octanol–water partition coefficient (Wildman–Crippen LogP) is -26.9. The van der Waals surface area contributed by atoms with E-state index in [1.165, 1.54) is 0 Å². The van der Waals surface area contributed by atoms with Gasteiger partial charge < -0.3 is 303 Å². The van der Waals surface area contributed by atoms with Crippen LogP contribution in [0.1, 0.15) is 13.8 Å². The van der Waals surface area contributed by atoms with Gasteiger partial charge in [-0.1, -0.05) is 0 Å². The minimum atomic E-state index is -2.71. The largest absolute Gasteiger partial charge is 0.394 e. The highest BCUT2D eigenvalue weighted by atomic mass is 16.8. The van der Waals surface area contributed by atoms with E-state index < -0.39 is 459 Å².